The van der Waals surface area contributed by atoms with Crippen molar-refractivity contribution < 1.29 is 19.0 Å². The first kappa shape index (κ1) is 22.0. The van der Waals surface area contributed by atoms with Gasteiger partial charge in [0.15, 0.2) is 0 Å². The minimum atomic E-state index is -0.890. The van der Waals surface area contributed by atoms with Gasteiger partial charge in [0.05, 0.1) is 23.1 Å². The fraction of sp³-hybridized carbons (Fsp3) is 0.565. The summed E-state index contributed by atoms with van der Waals surface area (Å²) in [5, 5.41) is 21.6. The molecule has 10 heteroatoms. The predicted octanol–water partition coefficient (Wildman–Crippen LogP) is 1.84. The number of likely N-dealkylation sites (tertiary alicyclic amines) is 2. The Morgan fingerprint density at radius 1 is 1.18 bits per heavy atom. The number of hydrogen-bond acceptors (Lipinski definition) is 8. The van der Waals surface area contributed by atoms with Crippen molar-refractivity contribution >= 4 is 5.97 Å². The molecule has 0 amide bonds. The van der Waals surface area contributed by atoms with Crippen molar-refractivity contribution in [1.82, 2.24) is 30.0 Å². The Bertz CT molecular complexity index is 1040. The van der Waals surface area contributed by atoms with Crippen LogP contribution in [0.1, 0.15) is 44.3 Å². The Hall–Kier alpha value is -2.85. The molecule has 0 bridgehead atoms. The number of esters is 1. The van der Waals surface area contributed by atoms with Gasteiger partial charge in [-0.05, 0) is 67.6 Å². The van der Waals surface area contributed by atoms with Crippen LogP contribution in [0.25, 0.3) is 5.69 Å². The van der Waals surface area contributed by atoms with Crippen molar-refractivity contribution in [2.45, 2.75) is 38.7 Å². The zero-order chi connectivity index (χ0) is 23.0. The van der Waals surface area contributed by atoms with Crippen LogP contribution in [-0.2, 0) is 9.53 Å². The molecule has 1 aromatic carbocycles. The van der Waals surface area contributed by atoms with Crippen molar-refractivity contribution in [3.05, 3.63) is 47.2 Å². The third kappa shape index (κ3) is 4.37. The number of aliphatic hydroxyl groups excluding tert-OH is 1. The van der Waals surface area contributed by atoms with E-state index in [-0.39, 0.29) is 11.5 Å². The van der Waals surface area contributed by atoms with Gasteiger partial charge in [0.2, 0.25) is 0 Å². The van der Waals surface area contributed by atoms with Gasteiger partial charge in [-0.25, -0.2) is 13.9 Å². The molecule has 2 saturated heterocycles. The van der Waals surface area contributed by atoms with E-state index >= 15 is 0 Å². The van der Waals surface area contributed by atoms with E-state index in [1.165, 1.54) is 17.1 Å². The topological polar surface area (TPSA) is 96.6 Å². The second-order valence-electron chi connectivity index (χ2n) is 9.41. The van der Waals surface area contributed by atoms with Crippen LogP contribution in [-0.4, -0.2) is 80.4 Å². The molecule has 5 rings (SSSR count). The Labute approximate surface area is 191 Å². The van der Waals surface area contributed by atoms with Crippen molar-refractivity contribution in [3.8, 4) is 5.69 Å². The lowest BCUT2D eigenvalue weighted by atomic mass is 9.71. The summed E-state index contributed by atoms with van der Waals surface area (Å²) in [4.78, 5) is 16.2. The number of hydrogen-bond donors (Lipinski definition) is 1. The van der Waals surface area contributed by atoms with E-state index in [1.807, 2.05) is 6.92 Å². The Morgan fingerprint density at radius 2 is 1.91 bits per heavy atom. The van der Waals surface area contributed by atoms with Crippen LogP contribution in [0.15, 0.2) is 35.8 Å². The number of nitrogens with zero attached hydrogens (tertiary/aromatic N) is 6. The molecule has 2 fully saturated rings. The van der Waals surface area contributed by atoms with E-state index in [0.717, 1.165) is 63.1 Å². The number of benzene rings is 1. The third-order valence-electron chi connectivity index (χ3n) is 7.59. The van der Waals surface area contributed by atoms with Crippen molar-refractivity contribution in [2.75, 3.05) is 39.3 Å². The molecule has 0 radical (unpaired) electrons. The summed E-state index contributed by atoms with van der Waals surface area (Å²) in [6.07, 6.45) is 4.85. The molecule has 176 valence electrons. The number of aromatic nitrogens is 4. The number of rotatable bonds is 5. The molecule has 33 heavy (non-hydrogen) atoms. The largest absolute Gasteiger partial charge is 0.456 e. The van der Waals surface area contributed by atoms with Crippen molar-refractivity contribution in [1.29, 1.82) is 0 Å². The number of carbonyl (C=O) groups excluding carboxylic acids is 1. The maximum atomic E-state index is 14.7. The average molecular weight is 457 g/mol. The van der Waals surface area contributed by atoms with Crippen molar-refractivity contribution in [2.24, 2.45) is 5.41 Å². The molecule has 2 aromatic rings. The molecule has 0 unspecified atom stereocenters. The fourth-order valence-electron chi connectivity index (χ4n) is 5.31. The highest BCUT2D eigenvalue weighted by Gasteiger charge is 2.39. The standard InChI is InChI=1S/C23H29FN6O3/c1-16-20(14-33-22(16)32)29-10-6-23(7-11-29)4-8-28(9-5-23)13-21(31)18-3-2-17(12-19(18)24)30-15-25-26-27-30/h2-3,12,15,21,31H,4-11,13-14H2,1H3/t21-/m1/s1. The third-order valence-corrected chi connectivity index (χ3v) is 7.59. The van der Waals surface area contributed by atoms with Gasteiger partial charge in [-0.1, -0.05) is 6.07 Å². The molecule has 1 aromatic heterocycles. The smallest absolute Gasteiger partial charge is 0.335 e. The molecular formula is C23H29FN6O3. The first-order valence-corrected chi connectivity index (χ1v) is 11.5. The summed E-state index contributed by atoms with van der Waals surface area (Å²) in [7, 11) is 0. The van der Waals surface area contributed by atoms with Gasteiger partial charge in [-0.3, -0.25) is 0 Å². The summed E-state index contributed by atoms with van der Waals surface area (Å²) in [6, 6.07) is 4.65. The van der Waals surface area contributed by atoms with Crippen molar-refractivity contribution in [3.63, 3.8) is 0 Å². The first-order valence-electron chi connectivity index (χ1n) is 11.5. The predicted molar refractivity (Wildman–Crippen MR) is 117 cm³/mol. The van der Waals surface area contributed by atoms with E-state index in [2.05, 4.69) is 25.3 Å². The summed E-state index contributed by atoms with van der Waals surface area (Å²) in [5.41, 5.74) is 2.90. The molecule has 4 heterocycles. The second kappa shape index (κ2) is 8.83. The molecule has 1 atom stereocenters. The van der Waals surface area contributed by atoms with Gasteiger partial charge >= 0.3 is 5.97 Å². The Kier molecular flexibility index (Phi) is 5.88. The number of β-amino-alcohol motifs (C(OH)–C–C–N with tert-alkyl or cyclic N) is 1. The number of cyclic esters (lactones) is 1. The molecular weight excluding hydrogens is 427 g/mol. The van der Waals surface area contributed by atoms with Crippen LogP contribution < -0.4 is 0 Å². The molecule has 1 N–H and O–H groups in total. The second-order valence-corrected chi connectivity index (χ2v) is 9.41. The maximum absolute atomic E-state index is 14.7. The highest BCUT2D eigenvalue weighted by Crippen LogP contribution is 2.42. The summed E-state index contributed by atoms with van der Waals surface area (Å²) in [6.45, 7) is 6.34. The van der Waals surface area contributed by atoms with Gasteiger partial charge in [0.25, 0.3) is 0 Å². The highest BCUT2D eigenvalue weighted by molar-refractivity contribution is 5.90. The Balaban J connectivity index is 1.14. The zero-order valence-electron chi connectivity index (χ0n) is 18.8. The van der Waals surface area contributed by atoms with Gasteiger partial charge in [-0.15, -0.1) is 5.10 Å². The minimum Gasteiger partial charge on any atom is -0.456 e. The highest BCUT2D eigenvalue weighted by atomic mass is 19.1. The van der Waals surface area contributed by atoms with Gasteiger partial charge < -0.3 is 19.6 Å². The summed E-state index contributed by atoms with van der Waals surface area (Å²) >= 11 is 0. The molecule has 3 aliphatic rings. The molecule has 3 aliphatic heterocycles. The maximum Gasteiger partial charge on any atom is 0.335 e. The average Bonchev–Trinajstić information content (AvgIpc) is 3.47. The van der Waals surface area contributed by atoms with Crippen LogP contribution >= 0.6 is 0 Å². The lowest BCUT2D eigenvalue weighted by Crippen LogP contribution is -2.47. The lowest BCUT2D eigenvalue weighted by Gasteiger charge is -2.47. The fourth-order valence-corrected chi connectivity index (χ4v) is 5.31. The van der Waals surface area contributed by atoms with Crippen LogP contribution in [0.3, 0.4) is 0 Å². The number of tetrazole rings is 1. The van der Waals surface area contributed by atoms with Gasteiger partial charge in [0.1, 0.15) is 18.8 Å². The zero-order valence-corrected chi connectivity index (χ0v) is 18.8. The van der Waals surface area contributed by atoms with Gasteiger partial charge in [0, 0.05) is 31.3 Å². The van der Waals surface area contributed by atoms with E-state index in [0.29, 0.717) is 24.3 Å². The van der Waals surface area contributed by atoms with Crippen LogP contribution in [0.2, 0.25) is 0 Å². The monoisotopic (exact) mass is 456 g/mol. The van der Waals surface area contributed by atoms with E-state index < -0.39 is 11.9 Å². The lowest BCUT2D eigenvalue weighted by molar-refractivity contribution is -0.136. The molecule has 1 spiro atoms. The van der Waals surface area contributed by atoms with Crippen LogP contribution in [0.4, 0.5) is 4.39 Å². The number of carbonyl (C=O) groups is 1. The van der Waals surface area contributed by atoms with E-state index in [9.17, 15) is 14.3 Å². The summed E-state index contributed by atoms with van der Waals surface area (Å²) < 4.78 is 21.2. The number of ether oxygens (including phenoxy) is 1. The normalized spacial score (nSPS) is 22.2. The van der Waals surface area contributed by atoms with Crippen LogP contribution in [0, 0.1) is 11.2 Å². The van der Waals surface area contributed by atoms with E-state index in [4.69, 9.17) is 4.74 Å². The quantitative estimate of drug-likeness (QED) is 0.681. The number of aliphatic hydroxyl groups is 1. The molecule has 9 nitrogen and oxygen atoms in total. The molecule has 0 saturated carbocycles. The number of halogens is 1. The number of piperidine rings is 2. The Morgan fingerprint density at radius 3 is 2.52 bits per heavy atom. The summed E-state index contributed by atoms with van der Waals surface area (Å²) in [5.74, 6) is -0.658. The van der Waals surface area contributed by atoms with Gasteiger partial charge in [-0.2, -0.15) is 0 Å². The minimum absolute atomic E-state index is 0.196. The van der Waals surface area contributed by atoms with Crippen LogP contribution in [0.5, 0.6) is 0 Å². The van der Waals surface area contributed by atoms with E-state index in [1.54, 1.807) is 12.1 Å². The first-order chi connectivity index (χ1) is 15.9. The molecule has 0 aliphatic carbocycles. The SMILES string of the molecule is CC1=C(N2CCC3(CCN(C[C@@H](O)c4ccc(-n5cnnn5)cc4F)CC3)CC2)COC1=O.